The van der Waals surface area contributed by atoms with Gasteiger partial charge < -0.3 is 15.4 Å². The van der Waals surface area contributed by atoms with Crippen LogP contribution in [0.5, 0.6) is 0 Å². The van der Waals surface area contributed by atoms with E-state index in [9.17, 15) is 9.59 Å². The molecule has 0 saturated heterocycles. The zero-order valence-corrected chi connectivity index (χ0v) is 21.7. The Kier molecular flexibility index (Phi) is 6.68. The van der Waals surface area contributed by atoms with Crippen molar-refractivity contribution in [3.8, 4) is 0 Å². The van der Waals surface area contributed by atoms with Gasteiger partial charge in [0.1, 0.15) is 11.5 Å². The molecular formula is C31H39N3O3. The van der Waals surface area contributed by atoms with Gasteiger partial charge in [0.25, 0.3) is 5.91 Å². The molecule has 1 aromatic carbocycles. The lowest BCUT2D eigenvalue weighted by Gasteiger charge is -2.57. The lowest BCUT2D eigenvalue weighted by Crippen LogP contribution is -2.46. The Labute approximate surface area is 219 Å². The maximum atomic E-state index is 13.5. The number of nitrogens with one attached hydrogen (secondary N) is 2. The van der Waals surface area contributed by atoms with Crippen LogP contribution in [0.1, 0.15) is 111 Å². The Morgan fingerprint density at radius 2 is 1.76 bits per heavy atom. The molecule has 4 bridgehead atoms. The van der Waals surface area contributed by atoms with Gasteiger partial charge in [-0.1, -0.05) is 31.4 Å². The van der Waals surface area contributed by atoms with E-state index in [1.54, 1.807) is 6.07 Å². The Hall–Kier alpha value is -2.89. The number of rotatable bonds is 8. The molecular weight excluding hydrogens is 462 g/mol. The number of carbonyl (C=O) groups is 2. The molecule has 1 heterocycles. The molecule has 3 N–H and O–H groups in total. The molecule has 0 atom stereocenters. The number of anilines is 1. The summed E-state index contributed by atoms with van der Waals surface area (Å²) in [6, 6.07) is 7.27. The third kappa shape index (κ3) is 5.39. The predicted octanol–water partition coefficient (Wildman–Crippen LogP) is 6.96. The number of aromatic nitrogens is 2. The fraction of sp³-hybridized carbons (Fsp3) is 0.581. The van der Waals surface area contributed by atoms with Crippen molar-refractivity contribution in [1.29, 1.82) is 0 Å². The van der Waals surface area contributed by atoms with Crippen LogP contribution >= 0.6 is 0 Å². The zero-order valence-electron chi connectivity index (χ0n) is 21.7. The van der Waals surface area contributed by atoms with Gasteiger partial charge in [0.2, 0.25) is 0 Å². The maximum absolute atomic E-state index is 13.5. The van der Waals surface area contributed by atoms with Crippen LogP contribution in [-0.2, 0) is 11.2 Å². The molecule has 0 aliphatic heterocycles. The van der Waals surface area contributed by atoms with Crippen molar-refractivity contribution in [3.05, 3.63) is 53.1 Å². The molecule has 7 rings (SSSR count). The topological polar surface area (TPSA) is 95.1 Å². The highest BCUT2D eigenvalue weighted by molar-refractivity contribution is 6.04. The molecule has 1 amide bonds. The molecule has 1 aromatic heterocycles. The van der Waals surface area contributed by atoms with Gasteiger partial charge >= 0.3 is 5.97 Å². The fourth-order valence-corrected chi connectivity index (χ4v) is 8.43. The Balaban J connectivity index is 1.22. The van der Waals surface area contributed by atoms with Crippen molar-refractivity contribution in [2.45, 2.75) is 89.4 Å². The summed E-state index contributed by atoms with van der Waals surface area (Å²) in [6.45, 7) is 0. The predicted molar refractivity (Wildman–Crippen MR) is 144 cm³/mol. The first-order chi connectivity index (χ1) is 17.9. The monoisotopic (exact) mass is 501 g/mol. The lowest BCUT2D eigenvalue weighted by molar-refractivity contribution is -0.131. The number of aromatic amines is 1. The zero-order chi connectivity index (χ0) is 25.4. The standard InChI is InChI=1S/C31H39N3O3/c35-27(36)10-9-20-5-4-8-25(16-20)32-30(37)28-26(33-29(34-28)24-6-2-1-3-7-24)11-12-31-17-21-13-22(18-31)15-23(14-21)19-31/h4-5,8-10,16,21-24H,1-3,6-7,11-15,17-19H2,(H,32,37)(H,33,34)(H,35,36)/b10-9+. The molecule has 0 unspecified atom stereocenters. The summed E-state index contributed by atoms with van der Waals surface area (Å²) in [5.74, 6) is 3.01. The summed E-state index contributed by atoms with van der Waals surface area (Å²) in [6.07, 6.45) is 19.2. The van der Waals surface area contributed by atoms with Crippen LogP contribution in [0.15, 0.2) is 30.3 Å². The van der Waals surface area contributed by atoms with Crippen LogP contribution in [0.4, 0.5) is 5.69 Å². The van der Waals surface area contributed by atoms with Crippen LogP contribution in [-0.4, -0.2) is 27.0 Å². The minimum atomic E-state index is -0.995. The first kappa shape index (κ1) is 24.4. The number of carboxylic acid groups (broad SMARTS) is 1. The molecule has 0 radical (unpaired) electrons. The number of aliphatic carboxylic acids is 1. The van der Waals surface area contributed by atoms with Crippen molar-refractivity contribution in [3.63, 3.8) is 0 Å². The van der Waals surface area contributed by atoms with E-state index in [2.05, 4.69) is 10.3 Å². The largest absolute Gasteiger partial charge is 0.478 e. The van der Waals surface area contributed by atoms with Gasteiger partial charge in [-0.2, -0.15) is 0 Å². The molecule has 5 fully saturated rings. The van der Waals surface area contributed by atoms with Gasteiger partial charge in [0, 0.05) is 23.4 Å². The minimum absolute atomic E-state index is 0.182. The smallest absolute Gasteiger partial charge is 0.328 e. The van der Waals surface area contributed by atoms with Crippen molar-refractivity contribution in [2.75, 3.05) is 5.32 Å². The molecule has 5 aliphatic carbocycles. The number of carbonyl (C=O) groups excluding carboxylic acids is 1. The lowest BCUT2D eigenvalue weighted by atomic mass is 9.48. The van der Waals surface area contributed by atoms with Crippen LogP contribution in [0.3, 0.4) is 0 Å². The Morgan fingerprint density at radius 3 is 2.43 bits per heavy atom. The summed E-state index contributed by atoms with van der Waals surface area (Å²) in [5.41, 5.74) is 3.37. The van der Waals surface area contributed by atoms with Crippen LogP contribution in [0.2, 0.25) is 0 Å². The molecule has 0 spiro atoms. The number of benzene rings is 1. The second-order valence-corrected chi connectivity index (χ2v) is 12.5. The van der Waals surface area contributed by atoms with E-state index < -0.39 is 5.97 Å². The van der Waals surface area contributed by atoms with Gasteiger partial charge in [0.15, 0.2) is 0 Å². The average Bonchev–Trinajstić information content (AvgIpc) is 3.31. The molecule has 6 heteroatoms. The Bertz CT molecular complexity index is 1150. The van der Waals surface area contributed by atoms with E-state index in [4.69, 9.17) is 10.1 Å². The SMILES string of the molecule is O=C(O)/C=C/c1cccc(NC(=O)c2nc(C3CCCCC3)[nH]c2CCC23CC4CC(CC(C4)C2)C3)c1. The van der Waals surface area contributed by atoms with E-state index in [-0.39, 0.29) is 5.91 Å². The van der Waals surface area contributed by atoms with Crippen LogP contribution < -0.4 is 5.32 Å². The Morgan fingerprint density at radius 1 is 1.05 bits per heavy atom. The molecule has 5 aliphatic rings. The highest BCUT2D eigenvalue weighted by atomic mass is 16.4. The number of nitrogens with zero attached hydrogens (tertiary/aromatic N) is 1. The highest BCUT2D eigenvalue weighted by Gasteiger charge is 2.50. The third-order valence-corrected chi connectivity index (χ3v) is 9.64. The number of carboxylic acids is 1. The number of aryl methyl sites for hydroxylation is 1. The average molecular weight is 502 g/mol. The molecule has 6 nitrogen and oxygen atoms in total. The van der Waals surface area contributed by atoms with Crippen molar-refractivity contribution >= 4 is 23.6 Å². The fourth-order valence-electron chi connectivity index (χ4n) is 8.43. The molecule has 196 valence electrons. The van der Waals surface area contributed by atoms with E-state index in [0.29, 0.717) is 22.7 Å². The number of hydrogen-bond acceptors (Lipinski definition) is 3. The van der Waals surface area contributed by atoms with Gasteiger partial charge in [-0.15, -0.1) is 0 Å². The molecule has 37 heavy (non-hydrogen) atoms. The second-order valence-electron chi connectivity index (χ2n) is 12.5. The van der Waals surface area contributed by atoms with Crippen molar-refractivity contribution in [1.82, 2.24) is 9.97 Å². The van der Waals surface area contributed by atoms with Gasteiger partial charge in [-0.25, -0.2) is 9.78 Å². The number of amides is 1. The van der Waals surface area contributed by atoms with Gasteiger partial charge in [-0.05, 0) is 111 Å². The van der Waals surface area contributed by atoms with E-state index in [1.807, 2.05) is 18.2 Å². The molecule has 5 saturated carbocycles. The van der Waals surface area contributed by atoms with E-state index in [1.165, 1.54) is 63.9 Å². The number of imidazole rings is 1. The van der Waals surface area contributed by atoms with Crippen LogP contribution in [0.25, 0.3) is 6.08 Å². The summed E-state index contributed by atoms with van der Waals surface area (Å²) < 4.78 is 0. The quantitative estimate of drug-likeness (QED) is 0.341. The maximum Gasteiger partial charge on any atom is 0.328 e. The normalized spacial score (nSPS) is 29.1. The minimum Gasteiger partial charge on any atom is -0.478 e. The summed E-state index contributed by atoms with van der Waals surface area (Å²) in [4.78, 5) is 33.0. The summed E-state index contributed by atoms with van der Waals surface area (Å²) >= 11 is 0. The van der Waals surface area contributed by atoms with Gasteiger partial charge in [0.05, 0.1) is 0 Å². The van der Waals surface area contributed by atoms with Crippen molar-refractivity contribution in [2.24, 2.45) is 23.2 Å². The third-order valence-electron chi connectivity index (χ3n) is 9.64. The summed E-state index contributed by atoms with van der Waals surface area (Å²) in [5, 5.41) is 12.0. The highest BCUT2D eigenvalue weighted by Crippen LogP contribution is 2.61. The first-order valence-electron chi connectivity index (χ1n) is 14.4. The molecule has 2 aromatic rings. The van der Waals surface area contributed by atoms with E-state index in [0.717, 1.165) is 66.6 Å². The van der Waals surface area contributed by atoms with Crippen LogP contribution in [0, 0.1) is 23.2 Å². The number of hydrogen-bond donors (Lipinski definition) is 3. The number of H-pyrrole nitrogens is 1. The van der Waals surface area contributed by atoms with Crippen molar-refractivity contribution < 1.29 is 14.7 Å². The summed E-state index contributed by atoms with van der Waals surface area (Å²) in [7, 11) is 0. The first-order valence-corrected chi connectivity index (χ1v) is 14.4. The van der Waals surface area contributed by atoms with E-state index >= 15 is 0 Å². The second kappa shape index (κ2) is 10.1. The van der Waals surface area contributed by atoms with Gasteiger partial charge in [-0.3, -0.25) is 4.79 Å².